The molecule has 0 atom stereocenters. The van der Waals surface area contributed by atoms with Gasteiger partial charge in [0.1, 0.15) is 5.82 Å². The first-order chi connectivity index (χ1) is 15.7. The summed E-state index contributed by atoms with van der Waals surface area (Å²) in [6.07, 6.45) is 0.147. The molecular formula is C25H26FN5O2. The number of nitrogens with zero attached hydrogens (tertiary/aromatic N) is 4. The van der Waals surface area contributed by atoms with Crippen LogP contribution in [0.5, 0.6) is 0 Å². The summed E-state index contributed by atoms with van der Waals surface area (Å²) in [4.78, 5) is 17.5. The number of hydrogen-bond donors (Lipinski definition) is 1. The Morgan fingerprint density at radius 2 is 1.85 bits per heavy atom. The van der Waals surface area contributed by atoms with Gasteiger partial charge in [-0.15, -0.1) is 0 Å². The molecule has 1 amide bonds. The van der Waals surface area contributed by atoms with E-state index in [0.29, 0.717) is 23.0 Å². The van der Waals surface area contributed by atoms with E-state index in [2.05, 4.69) is 20.6 Å². The predicted octanol–water partition coefficient (Wildman–Crippen LogP) is 5.29. The molecule has 0 spiro atoms. The van der Waals surface area contributed by atoms with Crippen LogP contribution in [0, 0.1) is 26.6 Å². The molecule has 0 bridgehead atoms. The number of para-hydroxylation sites is 1. The fraction of sp³-hybridized carbons (Fsp3) is 0.280. The van der Waals surface area contributed by atoms with Crippen molar-refractivity contribution in [2.24, 2.45) is 0 Å². The Kier molecular flexibility index (Phi) is 6.09. The molecule has 0 aliphatic rings. The van der Waals surface area contributed by atoms with Crippen molar-refractivity contribution in [3.8, 4) is 17.1 Å². The molecule has 170 valence electrons. The summed E-state index contributed by atoms with van der Waals surface area (Å²) in [5.74, 6) is 0.626. The lowest BCUT2D eigenvalue weighted by atomic mass is 10.1. The van der Waals surface area contributed by atoms with Crippen molar-refractivity contribution in [2.75, 3.05) is 5.32 Å². The van der Waals surface area contributed by atoms with E-state index in [-0.39, 0.29) is 24.1 Å². The van der Waals surface area contributed by atoms with Crippen LogP contribution in [-0.2, 0) is 11.2 Å². The molecule has 7 nitrogen and oxygen atoms in total. The van der Waals surface area contributed by atoms with Gasteiger partial charge in [0.05, 0.1) is 29.1 Å². The van der Waals surface area contributed by atoms with Crippen molar-refractivity contribution in [3.63, 3.8) is 0 Å². The average Bonchev–Trinajstić information content (AvgIpc) is 3.37. The normalized spacial score (nSPS) is 11.2. The van der Waals surface area contributed by atoms with Crippen LogP contribution in [0.3, 0.4) is 0 Å². The Morgan fingerprint density at radius 1 is 1.12 bits per heavy atom. The van der Waals surface area contributed by atoms with Crippen molar-refractivity contribution in [1.29, 1.82) is 0 Å². The molecule has 8 heteroatoms. The molecule has 4 aromatic rings. The molecule has 0 fully saturated rings. The number of rotatable bonds is 6. The molecule has 33 heavy (non-hydrogen) atoms. The molecule has 0 saturated heterocycles. The van der Waals surface area contributed by atoms with Gasteiger partial charge >= 0.3 is 0 Å². The third-order valence-electron chi connectivity index (χ3n) is 5.58. The first-order valence-electron chi connectivity index (χ1n) is 10.8. The maximum absolute atomic E-state index is 13.3. The Bertz CT molecular complexity index is 1310. The minimum Gasteiger partial charge on any atom is -0.334 e. The maximum Gasteiger partial charge on any atom is 0.260 e. The van der Waals surface area contributed by atoms with Crippen LogP contribution in [0.15, 0.2) is 47.0 Å². The molecular weight excluding hydrogens is 421 g/mol. The van der Waals surface area contributed by atoms with Gasteiger partial charge in [-0.05, 0) is 56.7 Å². The number of hydrogen-bond acceptors (Lipinski definition) is 5. The lowest BCUT2D eigenvalue weighted by molar-refractivity contribution is -0.115. The van der Waals surface area contributed by atoms with Crippen molar-refractivity contribution < 1.29 is 13.7 Å². The van der Waals surface area contributed by atoms with Crippen LogP contribution in [0.1, 0.15) is 48.1 Å². The first kappa shape index (κ1) is 22.4. The number of halogens is 1. The molecule has 0 aliphatic heterocycles. The highest BCUT2D eigenvalue weighted by Crippen LogP contribution is 2.31. The molecule has 4 rings (SSSR count). The van der Waals surface area contributed by atoms with Crippen LogP contribution in [0.25, 0.3) is 17.1 Å². The number of aryl methyl sites for hydroxylation is 2. The van der Waals surface area contributed by atoms with E-state index < -0.39 is 0 Å². The van der Waals surface area contributed by atoms with E-state index in [1.807, 2.05) is 52.8 Å². The van der Waals surface area contributed by atoms with Crippen molar-refractivity contribution in [3.05, 3.63) is 76.6 Å². The van der Waals surface area contributed by atoms with Crippen molar-refractivity contribution >= 4 is 11.6 Å². The van der Waals surface area contributed by atoms with Crippen LogP contribution < -0.4 is 5.32 Å². The zero-order valence-electron chi connectivity index (χ0n) is 19.3. The quantitative estimate of drug-likeness (QED) is 0.434. The molecule has 2 heterocycles. The summed E-state index contributed by atoms with van der Waals surface area (Å²) >= 11 is 0. The van der Waals surface area contributed by atoms with Crippen LogP contribution in [-0.4, -0.2) is 25.8 Å². The van der Waals surface area contributed by atoms with E-state index in [4.69, 9.17) is 4.52 Å². The molecule has 2 aromatic heterocycles. The van der Waals surface area contributed by atoms with E-state index in [1.165, 1.54) is 12.1 Å². The van der Waals surface area contributed by atoms with Crippen molar-refractivity contribution in [2.45, 2.75) is 47.0 Å². The fourth-order valence-electron chi connectivity index (χ4n) is 3.70. The SMILES string of the molecule is Cc1cccc(-c2nc(C(C)C)no2)c1NC(=O)Cc1c(C)nn(-c2ccc(F)cc2)c1C. The fourth-order valence-corrected chi connectivity index (χ4v) is 3.70. The van der Waals surface area contributed by atoms with Crippen LogP contribution in [0.4, 0.5) is 10.1 Å². The highest BCUT2D eigenvalue weighted by Gasteiger charge is 2.20. The zero-order valence-corrected chi connectivity index (χ0v) is 19.3. The first-order valence-corrected chi connectivity index (χ1v) is 10.8. The summed E-state index contributed by atoms with van der Waals surface area (Å²) in [7, 11) is 0. The van der Waals surface area contributed by atoms with Crippen molar-refractivity contribution in [1.82, 2.24) is 19.9 Å². The Balaban J connectivity index is 1.60. The highest BCUT2D eigenvalue weighted by molar-refractivity contribution is 5.97. The second kappa shape index (κ2) is 8.97. The lowest BCUT2D eigenvalue weighted by Crippen LogP contribution is -2.17. The molecule has 1 N–H and O–H groups in total. The Hall–Kier alpha value is -3.81. The van der Waals surface area contributed by atoms with Gasteiger partial charge in [-0.3, -0.25) is 4.79 Å². The summed E-state index contributed by atoms with van der Waals surface area (Å²) in [5, 5.41) is 11.6. The minimum absolute atomic E-state index is 0.133. The summed E-state index contributed by atoms with van der Waals surface area (Å²) in [6.45, 7) is 9.66. The van der Waals surface area contributed by atoms with Gasteiger partial charge < -0.3 is 9.84 Å². The lowest BCUT2D eigenvalue weighted by Gasteiger charge is -2.12. The summed E-state index contributed by atoms with van der Waals surface area (Å²) in [6, 6.07) is 11.8. The smallest absolute Gasteiger partial charge is 0.260 e. The monoisotopic (exact) mass is 447 g/mol. The van der Waals surface area contributed by atoms with E-state index >= 15 is 0 Å². The second-order valence-corrected chi connectivity index (χ2v) is 8.37. The van der Waals surface area contributed by atoms with Gasteiger partial charge in [-0.1, -0.05) is 31.1 Å². The number of benzene rings is 2. The summed E-state index contributed by atoms with van der Waals surface area (Å²) < 4.78 is 20.5. The number of aromatic nitrogens is 4. The molecule has 0 aliphatic carbocycles. The largest absolute Gasteiger partial charge is 0.334 e. The Morgan fingerprint density at radius 3 is 2.52 bits per heavy atom. The molecule has 0 saturated carbocycles. The minimum atomic E-state index is -0.310. The van der Waals surface area contributed by atoms with Gasteiger partial charge in [0.25, 0.3) is 5.89 Å². The molecule has 0 unspecified atom stereocenters. The van der Waals surface area contributed by atoms with E-state index in [9.17, 15) is 9.18 Å². The van der Waals surface area contributed by atoms with E-state index in [0.717, 1.165) is 28.2 Å². The number of amides is 1. The predicted molar refractivity (Wildman–Crippen MR) is 124 cm³/mol. The Labute approximate surface area is 191 Å². The van der Waals surface area contributed by atoms with Gasteiger partial charge in [0.15, 0.2) is 5.82 Å². The average molecular weight is 448 g/mol. The number of anilines is 1. The van der Waals surface area contributed by atoms with E-state index in [1.54, 1.807) is 16.8 Å². The zero-order chi connectivity index (χ0) is 23.7. The third kappa shape index (κ3) is 4.55. The van der Waals surface area contributed by atoms with Gasteiger partial charge in [-0.2, -0.15) is 10.1 Å². The summed E-state index contributed by atoms with van der Waals surface area (Å²) in [5.41, 5.74) is 5.35. The second-order valence-electron chi connectivity index (χ2n) is 8.37. The maximum atomic E-state index is 13.3. The van der Waals surface area contributed by atoms with Gasteiger partial charge in [-0.25, -0.2) is 9.07 Å². The number of carbonyl (C=O) groups is 1. The standard InChI is InChI=1S/C25H26FN5O2/c1-14(2)24-28-25(33-30-24)20-8-6-7-15(3)23(20)27-22(32)13-21-16(4)29-31(17(21)5)19-11-9-18(26)10-12-19/h6-12,14H,13H2,1-5H3,(H,27,32). The number of nitrogens with one attached hydrogen (secondary N) is 1. The molecule has 0 radical (unpaired) electrons. The van der Waals surface area contributed by atoms with Crippen LogP contribution in [0.2, 0.25) is 0 Å². The topological polar surface area (TPSA) is 85.8 Å². The van der Waals surface area contributed by atoms with Crippen LogP contribution >= 0.6 is 0 Å². The third-order valence-corrected chi connectivity index (χ3v) is 5.58. The highest BCUT2D eigenvalue weighted by atomic mass is 19.1. The number of carbonyl (C=O) groups excluding carboxylic acids is 1. The van der Waals surface area contributed by atoms with Gasteiger partial charge in [0.2, 0.25) is 5.91 Å². The van der Waals surface area contributed by atoms with Gasteiger partial charge in [0, 0.05) is 17.2 Å². The molecule has 2 aromatic carbocycles.